The van der Waals surface area contributed by atoms with Gasteiger partial charge in [-0.25, -0.2) is 4.79 Å². The Kier molecular flexibility index (Phi) is 18.1. The van der Waals surface area contributed by atoms with Crippen LogP contribution in [0, 0.1) is 0 Å². The van der Waals surface area contributed by atoms with Crippen LogP contribution in [0.4, 0.5) is 0 Å². The summed E-state index contributed by atoms with van der Waals surface area (Å²) in [5.41, 5.74) is 4.97. The van der Waals surface area contributed by atoms with Gasteiger partial charge in [-0.15, -0.1) is 0 Å². The molecule has 0 aliphatic carbocycles. The van der Waals surface area contributed by atoms with Gasteiger partial charge in [0.2, 0.25) is 5.75 Å². The predicted molar refractivity (Wildman–Crippen MR) is 186 cm³/mol. The van der Waals surface area contributed by atoms with Crippen LogP contribution in [0.1, 0.15) is 126 Å². The SMILES string of the molecule is CCCCCCCCCCOc1ccc2c(OC/C=C(\C)CCC=C(C)C)c(OC/C=C(\C)CCC=C(C)C)c(=O)oc2c1. The zero-order chi connectivity index (χ0) is 32.2. The van der Waals surface area contributed by atoms with Crippen LogP contribution in [-0.4, -0.2) is 19.8 Å². The minimum absolute atomic E-state index is 0.106. The molecule has 0 atom stereocenters. The van der Waals surface area contributed by atoms with Crippen molar-refractivity contribution >= 4 is 11.0 Å². The van der Waals surface area contributed by atoms with E-state index in [9.17, 15) is 4.79 Å². The Labute approximate surface area is 267 Å². The highest BCUT2D eigenvalue weighted by Crippen LogP contribution is 2.35. The van der Waals surface area contributed by atoms with E-state index in [4.69, 9.17) is 18.6 Å². The summed E-state index contributed by atoms with van der Waals surface area (Å²) in [6.07, 6.45) is 22.4. The first-order chi connectivity index (χ1) is 21.2. The Morgan fingerprint density at radius 1 is 0.682 bits per heavy atom. The molecule has 244 valence electrons. The van der Waals surface area contributed by atoms with Crippen molar-refractivity contribution in [1.29, 1.82) is 0 Å². The van der Waals surface area contributed by atoms with Gasteiger partial charge in [0.05, 0.1) is 12.0 Å². The Balaban J connectivity index is 2.15. The first-order valence-corrected chi connectivity index (χ1v) is 16.8. The lowest BCUT2D eigenvalue weighted by Gasteiger charge is -2.14. The van der Waals surface area contributed by atoms with Crippen molar-refractivity contribution in [1.82, 2.24) is 0 Å². The summed E-state index contributed by atoms with van der Waals surface area (Å²) in [7, 11) is 0. The average molecular weight is 607 g/mol. The molecule has 44 heavy (non-hydrogen) atoms. The van der Waals surface area contributed by atoms with Gasteiger partial charge in [-0.1, -0.05) is 86.3 Å². The minimum atomic E-state index is -0.549. The molecule has 2 aromatic rings. The molecular formula is C39H58O5. The molecular weight excluding hydrogens is 548 g/mol. The first kappa shape index (κ1) is 37.0. The normalized spacial score (nSPS) is 11.9. The molecule has 0 spiro atoms. The first-order valence-electron chi connectivity index (χ1n) is 16.8. The maximum absolute atomic E-state index is 13.2. The maximum atomic E-state index is 13.2. The Hall–Kier alpha value is -3.21. The van der Waals surface area contributed by atoms with Crippen molar-refractivity contribution in [2.45, 2.75) is 126 Å². The summed E-state index contributed by atoms with van der Waals surface area (Å²) in [6.45, 7) is 16.1. The van der Waals surface area contributed by atoms with Crippen molar-refractivity contribution in [2.75, 3.05) is 19.8 Å². The lowest BCUT2D eigenvalue weighted by molar-refractivity contribution is 0.293. The van der Waals surface area contributed by atoms with E-state index >= 15 is 0 Å². The van der Waals surface area contributed by atoms with Gasteiger partial charge in [0.15, 0.2) is 5.75 Å². The molecule has 2 rings (SSSR count). The van der Waals surface area contributed by atoms with Crippen LogP contribution in [0.25, 0.3) is 11.0 Å². The number of fused-ring (bicyclic) bond motifs is 1. The topological polar surface area (TPSA) is 57.9 Å². The van der Waals surface area contributed by atoms with E-state index in [0.29, 0.717) is 35.7 Å². The van der Waals surface area contributed by atoms with E-state index in [1.54, 1.807) is 6.07 Å². The third kappa shape index (κ3) is 15.0. The third-order valence-corrected chi connectivity index (χ3v) is 7.56. The van der Waals surface area contributed by atoms with Crippen LogP contribution >= 0.6 is 0 Å². The largest absolute Gasteiger partial charge is 0.493 e. The van der Waals surface area contributed by atoms with Gasteiger partial charge in [-0.3, -0.25) is 0 Å². The van der Waals surface area contributed by atoms with Gasteiger partial charge < -0.3 is 18.6 Å². The molecule has 0 aliphatic heterocycles. The second-order valence-electron chi connectivity index (χ2n) is 12.4. The lowest BCUT2D eigenvalue weighted by atomic mass is 10.1. The molecule has 0 unspecified atom stereocenters. The number of benzene rings is 1. The predicted octanol–water partition coefficient (Wildman–Crippen LogP) is 11.5. The summed E-state index contributed by atoms with van der Waals surface area (Å²) in [5.74, 6) is 1.21. The van der Waals surface area contributed by atoms with Crippen molar-refractivity contribution in [3.8, 4) is 17.2 Å². The molecule has 0 saturated carbocycles. The Morgan fingerprint density at radius 2 is 1.23 bits per heavy atom. The fourth-order valence-corrected chi connectivity index (χ4v) is 4.84. The van der Waals surface area contributed by atoms with Gasteiger partial charge >= 0.3 is 5.63 Å². The number of hydrogen-bond donors (Lipinski definition) is 0. The Bertz CT molecular complexity index is 1300. The third-order valence-electron chi connectivity index (χ3n) is 7.56. The van der Waals surface area contributed by atoms with Crippen LogP contribution in [0.2, 0.25) is 0 Å². The monoisotopic (exact) mass is 606 g/mol. The maximum Gasteiger partial charge on any atom is 0.383 e. The van der Waals surface area contributed by atoms with Crippen LogP contribution in [-0.2, 0) is 0 Å². The smallest absolute Gasteiger partial charge is 0.383 e. The van der Waals surface area contributed by atoms with Gasteiger partial charge in [-0.05, 0) is 97.9 Å². The zero-order valence-corrected chi connectivity index (χ0v) is 28.7. The van der Waals surface area contributed by atoms with E-state index in [0.717, 1.165) is 38.5 Å². The summed E-state index contributed by atoms with van der Waals surface area (Å²) in [6, 6.07) is 5.60. The highest BCUT2D eigenvalue weighted by atomic mass is 16.5. The average Bonchev–Trinajstić information content (AvgIpc) is 2.97. The summed E-state index contributed by atoms with van der Waals surface area (Å²) < 4.78 is 24.0. The summed E-state index contributed by atoms with van der Waals surface area (Å²) >= 11 is 0. The van der Waals surface area contributed by atoms with Crippen molar-refractivity contribution in [3.05, 3.63) is 75.2 Å². The number of unbranched alkanes of at least 4 members (excludes halogenated alkanes) is 7. The second-order valence-corrected chi connectivity index (χ2v) is 12.4. The number of ether oxygens (including phenoxy) is 3. The zero-order valence-electron chi connectivity index (χ0n) is 28.7. The number of hydrogen-bond acceptors (Lipinski definition) is 5. The van der Waals surface area contributed by atoms with Crippen LogP contribution < -0.4 is 19.8 Å². The van der Waals surface area contributed by atoms with E-state index in [1.807, 2.05) is 18.2 Å². The molecule has 0 bridgehead atoms. The molecule has 0 saturated heterocycles. The van der Waals surface area contributed by atoms with Crippen LogP contribution in [0.15, 0.2) is 74.0 Å². The summed E-state index contributed by atoms with van der Waals surface area (Å²) in [4.78, 5) is 13.2. The molecule has 1 heterocycles. The lowest BCUT2D eigenvalue weighted by Crippen LogP contribution is -2.11. The van der Waals surface area contributed by atoms with E-state index < -0.39 is 5.63 Å². The second kappa shape index (κ2) is 21.5. The molecule has 5 heteroatoms. The quantitative estimate of drug-likeness (QED) is 0.0758. The molecule has 1 aromatic heterocycles. The van der Waals surface area contributed by atoms with Crippen LogP contribution in [0.5, 0.6) is 17.2 Å². The fraction of sp³-hybridized carbons (Fsp3) is 0.564. The summed E-state index contributed by atoms with van der Waals surface area (Å²) in [5, 5.41) is 0.693. The van der Waals surface area contributed by atoms with Gasteiger partial charge in [0.25, 0.3) is 0 Å². The highest BCUT2D eigenvalue weighted by Gasteiger charge is 2.18. The molecule has 0 fully saturated rings. The molecule has 0 amide bonds. The highest BCUT2D eigenvalue weighted by molar-refractivity contribution is 5.86. The van der Waals surface area contributed by atoms with E-state index in [-0.39, 0.29) is 12.4 Å². The number of rotatable bonds is 22. The molecule has 1 aromatic carbocycles. The minimum Gasteiger partial charge on any atom is -0.493 e. The van der Waals surface area contributed by atoms with Crippen molar-refractivity contribution < 1.29 is 18.6 Å². The molecule has 5 nitrogen and oxygen atoms in total. The number of allylic oxidation sites excluding steroid dienone is 6. The van der Waals surface area contributed by atoms with Gasteiger partial charge in [-0.2, -0.15) is 0 Å². The van der Waals surface area contributed by atoms with Crippen LogP contribution in [0.3, 0.4) is 0 Å². The van der Waals surface area contributed by atoms with Crippen molar-refractivity contribution in [3.63, 3.8) is 0 Å². The van der Waals surface area contributed by atoms with E-state index in [1.165, 1.54) is 60.8 Å². The van der Waals surface area contributed by atoms with Crippen molar-refractivity contribution in [2.24, 2.45) is 0 Å². The molecule has 0 aliphatic rings. The Morgan fingerprint density at radius 3 is 1.80 bits per heavy atom. The van der Waals surface area contributed by atoms with Gasteiger partial charge in [0.1, 0.15) is 24.5 Å². The molecule has 0 radical (unpaired) electrons. The fourth-order valence-electron chi connectivity index (χ4n) is 4.84. The standard InChI is InChI=1S/C39H58O5/c1-8-9-10-11-12-13-14-15-26-41-34-22-23-35-36(29-34)44-39(40)38(43-28-25-33(7)21-17-19-31(4)5)37(35)42-27-24-32(6)20-16-18-30(2)3/h18-19,22-25,29H,8-17,20-21,26-28H2,1-7H3/b32-24+,33-25+. The molecule has 0 N–H and O–H groups in total. The van der Waals surface area contributed by atoms with E-state index in [2.05, 4.69) is 66.7 Å². The van der Waals surface area contributed by atoms with Gasteiger partial charge in [0, 0.05) is 6.07 Å².